The first kappa shape index (κ1) is 17.4. The highest BCUT2D eigenvalue weighted by Crippen LogP contribution is 2.37. The molecule has 2 aromatic carbocycles. The zero-order valence-corrected chi connectivity index (χ0v) is 15.5. The third-order valence-corrected chi connectivity index (χ3v) is 5.18. The molecule has 0 aliphatic heterocycles. The number of imidazole rings is 1. The van der Waals surface area contributed by atoms with E-state index in [1.165, 1.54) is 11.1 Å². The lowest BCUT2D eigenvalue weighted by Crippen LogP contribution is -2.28. The number of para-hydroxylation sites is 1. The first-order valence-electron chi connectivity index (χ1n) is 8.68. The van der Waals surface area contributed by atoms with Gasteiger partial charge in [0.1, 0.15) is 12.0 Å². The fourth-order valence-corrected chi connectivity index (χ4v) is 3.32. The highest BCUT2D eigenvalue weighted by molar-refractivity contribution is 5.66. The van der Waals surface area contributed by atoms with E-state index in [2.05, 4.69) is 41.6 Å². The van der Waals surface area contributed by atoms with Crippen LogP contribution in [-0.2, 0) is 5.41 Å². The quantitative estimate of drug-likeness (QED) is 0.589. The van der Waals surface area contributed by atoms with Crippen LogP contribution in [0.1, 0.15) is 37.5 Å². The van der Waals surface area contributed by atoms with E-state index in [0.717, 1.165) is 22.6 Å². The van der Waals surface area contributed by atoms with Gasteiger partial charge in [-0.3, -0.25) is 4.57 Å². The van der Waals surface area contributed by atoms with Gasteiger partial charge in [-0.25, -0.2) is 9.37 Å². The van der Waals surface area contributed by atoms with Gasteiger partial charge in [-0.2, -0.15) is 0 Å². The maximum Gasteiger partial charge on any atom is 0.144 e. The largest absolute Gasteiger partial charge is 0.299 e. The maximum absolute atomic E-state index is 14.3. The summed E-state index contributed by atoms with van der Waals surface area (Å²) in [5, 5.41) is 0. The van der Waals surface area contributed by atoms with E-state index in [1.807, 2.05) is 50.5 Å². The standard InChI is InChI=1S/C22H25FN2/c1-15-9-8-10-16(2)20(15)25-14-13-24-21(25)18-11-6-7-12-19(18)22(4,5)17(3)23/h6-14,17H,1-5H3/t17-/m0/s1. The van der Waals surface area contributed by atoms with Crippen molar-refractivity contribution >= 4 is 0 Å². The van der Waals surface area contributed by atoms with Crippen LogP contribution in [0.15, 0.2) is 54.9 Å². The fraction of sp³-hybridized carbons (Fsp3) is 0.318. The molecule has 0 spiro atoms. The van der Waals surface area contributed by atoms with E-state index in [-0.39, 0.29) is 0 Å². The number of hydrogen-bond donors (Lipinski definition) is 0. The molecule has 130 valence electrons. The summed E-state index contributed by atoms with van der Waals surface area (Å²) in [6, 6.07) is 14.3. The molecule has 1 aromatic heterocycles. The lowest BCUT2D eigenvalue weighted by atomic mass is 9.78. The fourth-order valence-electron chi connectivity index (χ4n) is 3.32. The Bertz CT molecular complexity index is 870. The minimum absolute atomic E-state index is 0.589. The molecule has 0 saturated heterocycles. The van der Waals surface area contributed by atoms with Crippen molar-refractivity contribution in [3.63, 3.8) is 0 Å². The summed E-state index contributed by atoms with van der Waals surface area (Å²) in [5.41, 5.74) is 4.88. The van der Waals surface area contributed by atoms with E-state index in [9.17, 15) is 4.39 Å². The van der Waals surface area contributed by atoms with E-state index in [4.69, 9.17) is 0 Å². The number of nitrogens with zero attached hydrogens (tertiary/aromatic N) is 2. The van der Waals surface area contributed by atoms with E-state index < -0.39 is 11.6 Å². The second kappa shape index (κ2) is 6.47. The summed E-state index contributed by atoms with van der Waals surface area (Å²) >= 11 is 0. The summed E-state index contributed by atoms with van der Waals surface area (Å²) < 4.78 is 16.4. The number of rotatable bonds is 4. The van der Waals surface area contributed by atoms with E-state index >= 15 is 0 Å². The van der Waals surface area contributed by atoms with Gasteiger partial charge < -0.3 is 0 Å². The summed E-state index contributed by atoms with van der Waals surface area (Å²) in [4.78, 5) is 4.62. The van der Waals surface area contributed by atoms with Gasteiger partial charge in [-0.15, -0.1) is 0 Å². The summed E-state index contributed by atoms with van der Waals surface area (Å²) in [5.74, 6) is 0.849. The SMILES string of the molecule is Cc1cccc(C)c1-n1ccnc1-c1ccccc1C(C)(C)[C@H](C)F. The molecule has 0 N–H and O–H groups in total. The number of halogens is 1. The monoisotopic (exact) mass is 336 g/mol. The molecule has 0 bridgehead atoms. The topological polar surface area (TPSA) is 17.8 Å². The molecule has 0 amide bonds. The van der Waals surface area contributed by atoms with Gasteiger partial charge in [0.2, 0.25) is 0 Å². The molecule has 0 unspecified atom stereocenters. The molecule has 0 fully saturated rings. The molecule has 3 heteroatoms. The lowest BCUT2D eigenvalue weighted by Gasteiger charge is -2.29. The van der Waals surface area contributed by atoms with Crippen molar-refractivity contribution in [2.75, 3.05) is 0 Å². The second-order valence-corrected chi connectivity index (χ2v) is 7.24. The zero-order valence-electron chi connectivity index (χ0n) is 15.5. The Morgan fingerprint density at radius 2 is 1.64 bits per heavy atom. The predicted octanol–water partition coefficient (Wildman–Crippen LogP) is 5.79. The van der Waals surface area contributed by atoms with Crippen LogP contribution in [0.3, 0.4) is 0 Å². The van der Waals surface area contributed by atoms with Gasteiger partial charge in [0.15, 0.2) is 0 Å². The number of aromatic nitrogens is 2. The Morgan fingerprint density at radius 1 is 1.00 bits per heavy atom. The molecule has 3 rings (SSSR count). The van der Waals surface area contributed by atoms with Crippen LogP contribution >= 0.6 is 0 Å². The average molecular weight is 336 g/mol. The van der Waals surface area contributed by atoms with Crippen LogP contribution in [0.4, 0.5) is 4.39 Å². The van der Waals surface area contributed by atoms with Crippen molar-refractivity contribution in [2.24, 2.45) is 0 Å². The molecule has 0 saturated carbocycles. The third-order valence-electron chi connectivity index (χ3n) is 5.18. The molecule has 1 atom stereocenters. The van der Waals surface area contributed by atoms with Crippen molar-refractivity contribution in [1.82, 2.24) is 9.55 Å². The summed E-state index contributed by atoms with van der Waals surface area (Å²) in [6.45, 7) is 9.72. The van der Waals surface area contributed by atoms with Crippen molar-refractivity contribution < 1.29 is 4.39 Å². The van der Waals surface area contributed by atoms with Crippen LogP contribution < -0.4 is 0 Å². The van der Waals surface area contributed by atoms with Gasteiger partial charge in [-0.1, -0.05) is 56.3 Å². The van der Waals surface area contributed by atoms with E-state index in [0.29, 0.717) is 0 Å². The first-order chi connectivity index (χ1) is 11.8. The Labute approximate surface area is 149 Å². The van der Waals surface area contributed by atoms with Gasteiger partial charge >= 0.3 is 0 Å². The highest BCUT2D eigenvalue weighted by atomic mass is 19.1. The predicted molar refractivity (Wildman–Crippen MR) is 102 cm³/mol. The van der Waals surface area contributed by atoms with Crippen molar-refractivity contribution in [3.05, 3.63) is 71.5 Å². The van der Waals surface area contributed by atoms with Crippen molar-refractivity contribution in [2.45, 2.75) is 46.2 Å². The zero-order chi connectivity index (χ0) is 18.2. The molecule has 1 heterocycles. The normalized spacial score (nSPS) is 13.0. The minimum Gasteiger partial charge on any atom is -0.299 e. The van der Waals surface area contributed by atoms with Crippen LogP contribution in [0, 0.1) is 13.8 Å². The maximum atomic E-state index is 14.3. The lowest BCUT2D eigenvalue weighted by molar-refractivity contribution is 0.237. The van der Waals surface area contributed by atoms with Crippen molar-refractivity contribution in [1.29, 1.82) is 0 Å². The van der Waals surface area contributed by atoms with Crippen LogP contribution in [0.5, 0.6) is 0 Å². The molecule has 2 nitrogen and oxygen atoms in total. The molecule has 0 aliphatic rings. The highest BCUT2D eigenvalue weighted by Gasteiger charge is 2.31. The summed E-state index contributed by atoms with van der Waals surface area (Å²) in [6.07, 6.45) is 2.83. The van der Waals surface area contributed by atoms with Gasteiger partial charge in [0.25, 0.3) is 0 Å². The molecular formula is C22H25FN2. The van der Waals surface area contributed by atoms with Crippen LogP contribution in [-0.4, -0.2) is 15.7 Å². The van der Waals surface area contributed by atoms with Gasteiger partial charge in [-0.05, 0) is 37.5 Å². The Kier molecular flexibility index (Phi) is 4.51. The molecule has 0 aliphatic carbocycles. The van der Waals surface area contributed by atoms with Crippen LogP contribution in [0.2, 0.25) is 0 Å². The molecule has 25 heavy (non-hydrogen) atoms. The van der Waals surface area contributed by atoms with E-state index in [1.54, 1.807) is 6.92 Å². The van der Waals surface area contributed by atoms with Gasteiger partial charge in [0.05, 0.1) is 5.69 Å². The average Bonchev–Trinajstić information content (AvgIpc) is 3.03. The smallest absolute Gasteiger partial charge is 0.144 e. The Balaban J connectivity index is 2.24. The first-order valence-corrected chi connectivity index (χ1v) is 8.68. The summed E-state index contributed by atoms with van der Waals surface area (Å²) in [7, 11) is 0. The Morgan fingerprint density at radius 3 is 2.28 bits per heavy atom. The second-order valence-electron chi connectivity index (χ2n) is 7.24. The number of alkyl halides is 1. The van der Waals surface area contributed by atoms with Gasteiger partial charge in [0, 0.05) is 23.4 Å². The van der Waals surface area contributed by atoms with Crippen LogP contribution in [0.25, 0.3) is 17.1 Å². The number of benzene rings is 2. The molecule has 0 radical (unpaired) electrons. The number of aryl methyl sites for hydroxylation is 2. The number of hydrogen-bond acceptors (Lipinski definition) is 1. The Hall–Kier alpha value is -2.42. The van der Waals surface area contributed by atoms with Crippen molar-refractivity contribution in [3.8, 4) is 17.1 Å². The third kappa shape index (κ3) is 2.99. The molecular weight excluding hydrogens is 311 g/mol. The molecule has 3 aromatic rings. The minimum atomic E-state index is -0.961.